The molecule has 3 aromatic rings. The van der Waals surface area contributed by atoms with Crippen molar-refractivity contribution in [3.8, 4) is 0 Å². The lowest BCUT2D eigenvalue weighted by Crippen LogP contribution is -2.54. The lowest BCUT2D eigenvalue weighted by atomic mass is 9.75. The number of nitrogens with zero attached hydrogens (tertiary/aromatic N) is 2. The van der Waals surface area contributed by atoms with Crippen molar-refractivity contribution in [1.82, 2.24) is 4.90 Å². The van der Waals surface area contributed by atoms with E-state index in [9.17, 15) is 14.4 Å². The number of imide groups is 1. The third-order valence-corrected chi connectivity index (χ3v) is 8.78. The zero-order chi connectivity index (χ0) is 23.4. The lowest BCUT2D eigenvalue weighted by molar-refractivity contribution is -0.135. The van der Waals surface area contributed by atoms with Crippen molar-refractivity contribution in [2.75, 3.05) is 16.8 Å². The van der Waals surface area contributed by atoms with E-state index in [-0.39, 0.29) is 23.8 Å². The minimum absolute atomic E-state index is 0.144. The SMILES string of the molecule is Cc1c(Cl)ccc2c1NC(=O)[C@@]21[C@@H]2C(=O)N(c3cccc4ccccc34)C(=O)[C@@H]2[C@@H]2CCCN21. The van der Waals surface area contributed by atoms with Gasteiger partial charge in [0.15, 0.2) is 0 Å². The van der Waals surface area contributed by atoms with Crippen LogP contribution in [0.4, 0.5) is 11.4 Å². The van der Waals surface area contributed by atoms with E-state index in [2.05, 4.69) is 10.2 Å². The van der Waals surface area contributed by atoms with Crippen LogP contribution in [0.3, 0.4) is 0 Å². The van der Waals surface area contributed by atoms with Crippen molar-refractivity contribution in [3.63, 3.8) is 0 Å². The Labute approximate surface area is 201 Å². The Hall–Kier alpha value is -3.22. The highest BCUT2D eigenvalue weighted by atomic mass is 35.5. The summed E-state index contributed by atoms with van der Waals surface area (Å²) in [6, 6.07) is 16.9. The van der Waals surface area contributed by atoms with Gasteiger partial charge in [0.2, 0.25) is 17.7 Å². The first-order valence-electron chi connectivity index (χ1n) is 11.7. The number of amides is 3. The molecule has 4 heterocycles. The zero-order valence-corrected chi connectivity index (χ0v) is 19.3. The summed E-state index contributed by atoms with van der Waals surface area (Å²) >= 11 is 6.37. The number of hydrogen-bond donors (Lipinski definition) is 1. The third-order valence-electron chi connectivity index (χ3n) is 8.37. The number of fused-ring (bicyclic) bond motifs is 8. The molecule has 0 saturated carbocycles. The Kier molecular flexibility index (Phi) is 3.96. The molecule has 0 radical (unpaired) electrons. The summed E-state index contributed by atoms with van der Waals surface area (Å²) in [5.41, 5.74) is 1.62. The second-order valence-electron chi connectivity index (χ2n) is 9.73. The van der Waals surface area contributed by atoms with Gasteiger partial charge in [0.25, 0.3) is 0 Å². The number of nitrogens with one attached hydrogen (secondary N) is 1. The van der Waals surface area contributed by atoms with Gasteiger partial charge in [-0.1, -0.05) is 54.1 Å². The number of benzene rings is 3. The summed E-state index contributed by atoms with van der Waals surface area (Å²) in [5, 5.41) is 5.41. The highest BCUT2D eigenvalue weighted by Gasteiger charge is 2.74. The Balaban J connectivity index is 1.46. The van der Waals surface area contributed by atoms with Crippen LogP contribution in [0, 0.1) is 18.8 Å². The fourth-order valence-electron chi connectivity index (χ4n) is 7.03. The fourth-order valence-corrected chi connectivity index (χ4v) is 7.19. The average Bonchev–Trinajstić information content (AvgIpc) is 3.55. The van der Waals surface area contributed by atoms with Crippen molar-refractivity contribution in [1.29, 1.82) is 0 Å². The van der Waals surface area contributed by atoms with Gasteiger partial charge in [0, 0.05) is 22.0 Å². The third kappa shape index (κ3) is 2.19. The van der Waals surface area contributed by atoms with Gasteiger partial charge in [-0.2, -0.15) is 0 Å². The first-order chi connectivity index (χ1) is 16.5. The molecule has 170 valence electrons. The molecule has 3 amide bonds. The molecule has 1 spiro atoms. The first-order valence-corrected chi connectivity index (χ1v) is 12.1. The molecular formula is C27H22ClN3O3. The van der Waals surface area contributed by atoms with Gasteiger partial charge in [-0.3, -0.25) is 19.3 Å². The lowest BCUT2D eigenvalue weighted by Gasteiger charge is -2.36. The minimum Gasteiger partial charge on any atom is -0.324 e. The molecule has 0 aliphatic carbocycles. The maximum Gasteiger partial charge on any atom is 0.250 e. The normalized spacial score (nSPS) is 29.8. The molecule has 1 N–H and O–H groups in total. The predicted molar refractivity (Wildman–Crippen MR) is 130 cm³/mol. The summed E-state index contributed by atoms with van der Waals surface area (Å²) in [6.07, 6.45) is 1.68. The van der Waals surface area contributed by atoms with Crippen LogP contribution in [-0.2, 0) is 19.9 Å². The van der Waals surface area contributed by atoms with Gasteiger partial charge in [-0.05, 0) is 49.4 Å². The summed E-state index contributed by atoms with van der Waals surface area (Å²) in [5.74, 6) is -2.05. The Morgan fingerprint density at radius 3 is 2.65 bits per heavy atom. The van der Waals surface area contributed by atoms with Crippen molar-refractivity contribution < 1.29 is 14.4 Å². The highest BCUT2D eigenvalue weighted by Crippen LogP contribution is 2.61. The molecular weight excluding hydrogens is 450 g/mol. The number of anilines is 2. The van der Waals surface area contributed by atoms with Gasteiger partial charge < -0.3 is 5.32 Å². The van der Waals surface area contributed by atoms with E-state index in [1.54, 1.807) is 6.07 Å². The van der Waals surface area contributed by atoms with Gasteiger partial charge in [0.1, 0.15) is 5.54 Å². The van der Waals surface area contributed by atoms with Crippen LogP contribution in [0.1, 0.15) is 24.0 Å². The first kappa shape index (κ1) is 20.2. The largest absolute Gasteiger partial charge is 0.324 e. The maximum absolute atomic E-state index is 14.2. The second-order valence-corrected chi connectivity index (χ2v) is 10.1. The molecule has 0 aromatic heterocycles. The van der Waals surface area contributed by atoms with E-state index in [1.807, 2.05) is 55.5 Å². The van der Waals surface area contributed by atoms with Gasteiger partial charge in [-0.15, -0.1) is 0 Å². The summed E-state index contributed by atoms with van der Waals surface area (Å²) in [6.45, 7) is 2.55. The zero-order valence-electron chi connectivity index (χ0n) is 18.5. The van der Waals surface area contributed by atoms with E-state index < -0.39 is 17.4 Å². The topological polar surface area (TPSA) is 69.7 Å². The van der Waals surface area contributed by atoms with Gasteiger partial charge >= 0.3 is 0 Å². The van der Waals surface area contributed by atoms with Crippen LogP contribution in [0.2, 0.25) is 5.02 Å². The summed E-state index contributed by atoms with van der Waals surface area (Å²) < 4.78 is 0. The van der Waals surface area contributed by atoms with E-state index in [0.29, 0.717) is 22.9 Å². The smallest absolute Gasteiger partial charge is 0.250 e. The molecule has 3 aromatic carbocycles. The molecule has 6 nitrogen and oxygen atoms in total. The number of carbonyl (C=O) groups is 3. The maximum atomic E-state index is 14.2. The number of halogens is 1. The molecule has 7 rings (SSSR count). The Morgan fingerprint density at radius 1 is 1.00 bits per heavy atom. The number of carbonyl (C=O) groups excluding carboxylic acids is 3. The van der Waals surface area contributed by atoms with Crippen LogP contribution in [0.25, 0.3) is 10.8 Å². The molecule has 4 aliphatic heterocycles. The second kappa shape index (κ2) is 6.68. The predicted octanol–water partition coefficient (Wildman–Crippen LogP) is 4.23. The highest BCUT2D eigenvalue weighted by molar-refractivity contribution is 6.32. The van der Waals surface area contributed by atoms with Crippen LogP contribution in [0.15, 0.2) is 54.6 Å². The van der Waals surface area contributed by atoms with Crippen LogP contribution >= 0.6 is 11.6 Å². The van der Waals surface area contributed by atoms with Crippen LogP contribution in [0.5, 0.6) is 0 Å². The van der Waals surface area contributed by atoms with E-state index in [1.165, 1.54) is 4.90 Å². The molecule has 0 bridgehead atoms. The van der Waals surface area contributed by atoms with Gasteiger partial charge in [0.05, 0.1) is 23.2 Å². The van der Waals surface area contributed by atoms with E-state index in [4.69, 9.17) is 11.6 Å². The van der Waals surface area contributed by atoms with E-state index >= 15 is 0 Å². The fraction of sp³-hybridized carbons (Fsp3) is 0.296. The Morgan fingerprint density at radius 2 is 1.79 bits per heavy atom. The number of hydrogen-bond acceptors (Lipinski definition) is 4. The summed E-state index contributed by atoms with van der Waals surface area (Å²) in [7, 11) is 0. The molecule has 0 unspecified atom stereocenters. The molecule has 34 heavy (non-hydrogen) atoms. The van der Waals surface area contributed by atoms with Crippen molar-refractivity contribution in [3.05, 3.63) is 70.7 Å². The molecule has 4 aliphatic rings. The quantitative estimate of drug-likeness (QED) is 0.539. The molecule has 3 fully saturated rings. The molecule has 4 atom stereocenters. The minimum atomic E-state index is -1.19. The average molecular weight is 472 g/mol. The Bertz CT molecular complexity index is 1450. The molecule has 7 heteroatoms. The summed E-state index contributed by atoms with van der Waals surface area (Å²) in [4.78, 5) is 45.5. The van der Waals surface area contributed by atoms with Crippen LogP contribution in [-0.4, -0.2) is 35.2 Å². The monoisotopic (exact) mass is 471 g/mol. The van der Waals surface area contributed by atoms with E-state index in [0.717, 1.165) is 34.7 Å². The number of rotatable bonds is 1. The van der Waals surface area contributed by atoms with Crippen molar-refractivity contribution in [2.24, 2.45) is 11.8 Å². The van der Waals surface area contributed by atoms with Crippen molar-refractivity contribution >= 4 is 51.5 Å². The van der Waals surface area contributed by atoms with Gasteiger partial charge in [-0.25, -0.2) is 4.90 Å². The van der Waals surface area contributed by atoms with Crippen LogP contribution < -0.4 is 10.2 Å². The molecule has 3 saturated heterocycles. The van der Waals surface area contributed by atoms with Crippen molar-refractivity contribution in [2.45, 2.75) is 31.3 Å². The standard InChI is InChI=1S/C27H22ClN3O3/c1-14-18(28)12-11-17-23(14)29-26(34)27(17)22-21(20-10-5-13-30(20)27)24(32)31(25(22)33)19-9-4-7-15-6-2-3-8-16(15)19/h2-4,6-9,11-12,20-22H,5,10,13H2,1H3,(H,29,34)/t20-,21+,22-,27-/m0/s1.